The van der Waals surface area contributed by atoms with Gasteiger partial charge in [-0.3, -0.25) is 4.79 Å². The van der Waals surface area contributed by atoms with Crippen LogP contribution in [0.1, 0.15) is 30.0 Å². The number of hydrazone groups is 1. The number of amides is 1. The van der Waals surface area contributed by atoms with E-state index in [0.717, 1.165) is 16.1 Å². The van der Waals surface area contributed by atoms with Crippen molar-refractivity contribution in [3.05, 3.63) is 64.2 Å². The number of hydrogen-bond donors (Lipinski definition) is 1. The fourth-order valence-corrected chi connectivity index (χ4v) is 3.06. The second-order valence-corrected chi connectivity index (χ2v) is 7.01. The Labute approximate surface area is 157 Å². The molecular weight excluding hydrogens is 352 g/mol. The minimum absolute atomic E-state index is 0.213. The number of ether oxygens (including phenoxy) is 1. The molecule has 0 aliphatic carbocycles. The number of halogens is 1. The molecule has 0 fully saturated rings. The first kappa shape index (κ1) is 18.4. The van der Waals surface area contributed by atoms with Gasteiger partial charge in [0.05, 0.1) is 0 Å². The first-order valence-electron chi connectivity index (χ1n) is 8.35. The third-order valence-corrected chi connectivity index (χ3v) is 4.76. The molecule has 1 heterocycles. The molecule has 0 saturated carbocycles. The zero-order valence-electron chi connectivity index (χ0n) is 15.0. The van der Waals surface area contributed by atoms with Crippen molar-refractivity contribution in [2.75, 3.05) is 6.61 Å². The van der Waals surface area contributed by atoms with E-state index in [1.807, 2.05) is 32.0 Å². The van der Waals surface area contributed by atoms with Gasteiger partial charge in [0.2, 0.25) is 0 Å². The first-order valence-corrected chi connectivity index (χ1v) is 8.73. The van der Waals surface area contributed by atoms with E-state index in [1.165, 1.54) is 0 Å². The maximum atomic E-state index is 12.7. The molecule has 6 heteroatoms. The zero-order chi connectivity index (χ0) is 18.9. The van der Waals surface area contributed by atoms with Crippen LogP contribution in [0.5, 0.6) is 5.75 Å². The molecule has 1 aliphatic rings. The SMILES string of the molecule is CC1=NN(C(=O)COc2ccc(C)c(C)c2)[C@@](O)(c2ccc(Cl)cc2)C1. The monoisotopic (exact) mass is 372 g/mol. The Morgan fingerprint density at radius 2 is 1.88 bits per heavy atom. The minimum atomic E-state index is -1.53. The van der Waals surface area contributed by atoms with E-state index in [9.17, 15) is 9.90 Å². The molecule has 1 atom stereocenters. The quantitative estimate of drug-likeness (QED) is 0.888. The summed E-state index contributed by atoms with van der Waals surface area (Å²) < 4.78 is 5.61. The predicted octanol–water partition coefficient (Wildman–Crippen LogP) is 3.79. The van der Waals surface area contributed by atoms with Gasteiger partial charge in [-0.25, -0.2) is 0 Å². The third kappa shape index (κ3) is 3.59. The average molecular weight is 373 g/mol. The van der Waals surface area contributed by atoms with Gasteiger partial charge in [0, 0.05) is 22.7 Å². The molecule has 1 aliphatic heterocycles. The van der Waals surface area contributed by atoms with Gasteiger partial charge in [-0.05, 0) is 56.2 Å². The van der Waals surface area contributed by atoms with E-state index in [2.05, 4.69) is 5.10 Å². The van der Waals surface area contributed by atoms with E-state index < -0.39 is 11.6 Å². The van der Waals surface area contributed by atoms with E-state index in [0.29, 0.717) is 22.0 Å². The molecule has 26 heavy (non-hydrogen) atoms. The summed E-state index contributed by atoms with van der Waals surface area (Å²) in [6.45, 7) is 5.56. The summed E-state index contributed by atoms with van der Waals surface area (Å²) in [5, 5.41) is 17.0. The molecule has 2 aromatic rings. The van der Waals surface area contributed by atoms with Crippen LogP contribution in [0.25, 0.3) is 0 Å². The number of hydrogen-bond acceptors (Lipinski definition) is 4. The summed E-state index contributed by atoms with van der Waals surface area (Å²) in [7, 11) is 0. The lowest BCUT2D eigenvalue weighted by Crippen LogP contribution is -2.45. The normalized spacial score (nSPS) is 19.4. The van der Waals surface area contributed by atoms with Gasteiger partial charge in [-0.15, -0.1) is 0 Å². The van der Waals surface area contributed by atoms with Gasteiger partial charge in [-0.2, -0.15) is 10.1 Å². The van der Waals surface area contributed by atoms with Crippen LogP contribution in [-0.4, -0.2) is 28.3 Å². The Bertz CT molecular complexity index is 864. The lowest BCUT2D eigenvalue weighted by Gasteiger charge is -2.31. The number of rotatable bonds is 4. The van der Waals surface area contributed by atoms with E-state index in [1.54, 1.807) is 31.2 Å². The van der Waals surface area contributed by atoms with Crippen molar-refractivity contribution in [3.63, 3.8) is 0 Å². The Morgan fingerprint density at radius 1 is 1.19 bits per heavy atom. The molecule has 1 N–H and O–H groups in total. The number of nitrogens with zero attached hydrogens (tertiary/aromatic N) is 2. The zero-order valence-corrected chi connectivity index (χ0v) is 15.7. The molecule has 5 nitrogen and oxygen atoms in total. The van der Waals surface area contributed by atoms with Gasteiger partial charge in [0.25, 0.3) is 5.91 Å². The maximum absolute atomic E-state index is 12.7. The van der Waals surface area contributed by atoms with Gasteiger partial charge >= 0.3 is 0 Å². The van der Waals surface area contributed by atoms with Gasteiger partial charge in [0.15, 0.2) is 12.3 Å². The lowest BCUT2D eigenvalue weighted by atomic mass is 9.98. The van der Waals surface area contributed by atoms with Gasteiger partial charge < -0.3 is 9.84 Å². The van der Waals surface area contributed by atoms with Crippen molar-refractivity contribution >= 4 is 23.2 Å². The van der Waals surface area contributed by atoms with Crippen molar-refractivity contribution < 1.29 is 14.6 Å². The van der Waals surface area contributed by atoms with Gasteiger partial charge in [0.1, 0.15) is 5.75 Å². The van der Waals surface area contributed by atoms with E-state index in [4.69, 9.17) is 16.3 Å². The molecule has 0 radical (unpaired) electrons. The van der Waals surface area contributed by atoms with Crippen LogP contribution in [0, 0.1) is 13.8 Å². The molecule has 2 aromatic carbocycles. The van der Waals surface area contributed by atoms with Gasteiger partial charge in [-0.1, -0.05) is 29.8 Å². The van der Waals surface area contributed by atoms with Crippen LogP contribution in [0.4, 0.5) is 0 Å². The minimum Gasteiger partial charge on any atom is -0.484 e. The Morgan fingerprint density at radius 3 is 2.54 bits per heavy atom. The Balaban J connectivity index is 1.77. The van der Waals surface area contributed by atoms with Crippen molar-refractivity contribution in [2.24, 2.45) is 5.10 Å². The first-order chi connectivity index (χ1) is 12.3. The van der Waals surface area contributed by atoms with E-state index in [-0.39, 0.29) is 13.0 Å². The highest BCUT2D eigenvalue weighted by Gasteiger charge is 2.44. The fourth-order valence-electron chi connectivity index (χ4n) is 2.93. The van der Waals surface area contributed by atoms with Crippen molar-refractivity contribution in [1.29, 1.82) is 0 Å². The standard InChI is InChI=1S/C20H21ClN2O3/c1-13-4-9-18(10-14(13)2)26-12-19(24)23-20(25,11-15(3)22-23)16-5-7-17(21)8-6-16/h4-10,25H,11-12H2,1-3H3/t20-/m0/s1. The third-order valence-electron chi connectivity index (χ3n) is 4.51. The smallest absolute Gasteiger partial charge is 0.283 e. The number of aryl methyl sites for hydroxylation is 2. The summed E-state index contributed by atoms with van der Waals surface area (Å²) in [6, 6.07) is 12.4. The van der Waals surface area contributed by atoms with Crippen LogP contribution < -0.4 is 4.74 Å². The molecule has 3 rings (SSSR count). The molecule has 0 unspecified atom stereocenters. The number of aliphatic hydroxyl groups is 1. The average Bonchev–Trinajstić information content (AvgIpc) is 2.92. The van der Waals surface area contributed by atoms with Crippen LogP contribution in [0.2, 0.25) is 5.02 Å². The second-order valence-electron chi connectivity index (χ2n) is 6.58. The molecule has 0 aromatic heterocycles. The topological polar surface area (TPSA) is 62.1 Å². The highest BCUT2D eigenvalue weighted by Crippen LogP contribution is 2.35. The van der Waals surface area contributed by atoms with Crippen molar-refractivity contribution in [3.8, 4) is 5.75 Å². The molecule has 0 saturated heterocycles. The van der Waals surface area contributed by atoms with Crippen LogP contribution in [-0.2, 0) is 10.5 Å². The largest absolute Gasteiger partial charge is 0.484 e. The molecule has 1 amide bonds. The summed E-state index contributed by atoms with van der Waals surface area (Å²) >= 11 is 5.92. The second kappa shape index (κ2) is 7.09. The maximum Gasteiger partial charge on any atom is 0.283 e. The van der Waals surface area contributed by atoms with E-state index >= 15 is 0 Å². The summed E-state index contributed by atoms with van der Waals surface area (Å²) in [6.07, 6.45) is 0.240. The molecule has 0 bridgehead atoms. The molecule has 136 valence electrons. The Hall–Kier alpha value is -2.37. The lowest BCUT2D eigenvalue weighted by molar-refractivity contribution is -0.159. The summed E-state index contributed by atoms with van der Waals surface area (Å²) in [4.78, 5) is 12.7. The highest BCUT2D eigenvalue weighted by molar-refractivity contribution is 6.30. The molecular formula is C20H21ClN2O3. The molecule has 0 spiro atoms. The predicted molar refractivity (Wildman–Crippen MR) is 101 cm³/mol. The summed E-state index contributed by atoms with van der Waals surface area (Å²) in [5.41, 5.74) is 1.94. The van der Waals surface area contributed by atoms with Crippen LogP contribution in [0.15, 0.2) is 47.6 Å². The number of carbonyl (C=O) groups is 1. The summed E-state index contributed by atoms with van der Waals surface area (Å²) in [5.74, 6) is 0.189. The Kier molecular flexibility index (Phi) is 5.03. The number of carbonyl (C=O) groups excluding carboxylic acids is 1. The van der Waals surface area contributed by atoms with Crippen molar-refractivity contribution in [2.45, 2.75) is 32.9 Å². The highest BCUT2D eigenvalue weighted by atomic mass is 35.5. The fraction of sp³-hybridized carbons (Fsp3) is 0.300. The van der Waals surface area contributed by atoms with Crippen molar-refractivity contribution in [1.82, 2.24) is 5.01 Å². The van der Waals surface area contributed by atoms with Crippen LogP contribution in [0.3, 0.4) is 0 Å². The van der Waals surface area contributed by atoms with Crippen LogP contribution >= 0.6 is 11.6 Å². The number of benzene rings is 2.